The number of carbonyl (C=O) groups excluding carboxylic acids is 1. The first-order valence-corrected chi connectivity index (χ1v) is 8.97. The van der Waals surface area contributed by atoms with E-state index in [2.05, 4.69) is 15.2 Å². The second kappa shape index (κ2) is 8.27. The number of halogens is 1. The molecule has 0 spiro atoms. The maximum atomic E-state index is 12.4. The monoisotopic (exact) mass is 374 g/mol. The quantitative estimate of drug-likeness (QED) is 0.893. The van der Waals surface area contributed by atoms with Gasteiger partial charge in [0.25, 0.3) is 0 Å². The number of urea groups is 1. The van der Waals surface area contributed by atoms with Crippen molar-refractivity contribution in [2.45, 2.75) is 13.5 Å². The maximum Gasteiger partial charge on any atom is 0.317 e. The number of nitrogens with one attached hydrogen (secondary N) is 1. The van der Waals surface area contributed by atoms with Gasteiger partial charge in [0, 0.05) is 56.2 Å². The number of nitrogens with zero attached hydrogens (tertiary/aromatic N) is 3. The van der Waals surface area contributed by atoms with Crippen molar-refractivity contribution in [3.8, 4) is 5.75 Å². The van der Waals surface area contributed by atoms with E-state index in [1.54, 1.807) is 19.5 Å². The zero-order valence-corrected chi connectivity index (χ0v) is 15.8. The third kappa shape index (κ3) is 4.19. The molecular formula is C19H23ClN4O2. The molecule has 0 atom stereocenters. The summed E-state index contributed by atoms with van der Waals surface area (Å²) >= 11 is 6.19. The summed E-state index contributed by atoms with van der Waals surface area (Å²) in [5, 5.41) is 3.66. The van der Waals surface area contributed by atoms with Crippen molar-refractivity contribution in [3.63, 3.8) is 0 Å². The van der Waals surface area contributed by atoms with Crippen LogP contribution in [0.3, 0.4) is 0 Å². The molecule has 6 nitrogen and oxygen atoms in total. The molecule has 2 amide bonds. The van der Waals surface area contributed by atoms with Gasteiger partial charge in [-0.1, -0.05) is 11.6 Å². The lowest BCUT2D eigenvalue weighted by Crippen LogP contribution is -2.51. The molecule has 26 heavy (non-hydrogen) atoms. The number of benzene rings is 1. The van der Waals surface area contributed by atoms with Crippen LogP contribution < -0.4 is 15.0 Å². The van der Waals surface area contributed by atoms with E-state index in [-0.39, 0.29) is 6.03 Å². The highest BCUT2D eigenvalue weighted by molar-refractivity contribution is 6.31. The summed E-state index contributed by atoms with van der Waals surface area (Å²) in [4.78, 5) is 20.4. The highest BCUT2D eigenvalue weighted by atomic mass is 35.5. The van der Waals surface area contributed by atoms with E-state index in [4.69, 9.17) is 16.3 Å². The number of aromatic nitrogens is 1. The zero-order valence-electron chi connectivity index (χ0n) is 15.0. The molecule has 7 heteroatoms. The Hall–Kier alpha value is -2.47. The molecule has 3 rings (SSSR count). The molecule has 2 heterocycles. The standard InChI is InChI=1S/C19H23ClN4O2/c1-14-11-17(18(26-2)12-16(14)20)23-7-9-24(10-8-23)19(25)22-13-15-3-5-21-6-4-15/h3-6,11-12H,7-10,13H2,1-2H3,(H,22,25). The Morgan fingerprint density at radius 2 is 1.92 bits per heavy atom. The number of amides is 2. The summed E-state index contributed by atoms with van der Waals surface area (Å²) in [6.45, 7) is 5.31. The normalized spacial score (nSPS) is 14.3. The van der Waals surface area contributed by atoms with Gasteiger partial charge in [-0.25, -0.2) is 4.79 Å². The average Bonchev–Trinajstić information content (AvgIpc) is 2.68. The molecule has 1 aliphatic rings. The number of pyridine rings is 1. The largest absolute Gasteiger partial charge is 0.495 e. The molecule has 1 aliphatic heterocycles. The Balaban J connectivity index is 1.57. The lowest BCUT2D eigenvalue weighted by Gasteiger charge is -2.36. The van der Waals surface area contributed by atoms with Crippen molar-refractivity contribution in [2.24, 2.45) is 0 Å². The van der Waals surface area contributed by atoms with Gasteiger partial charge in [0.1, 0.15) is 5.75 Å². The maximum absolute atomic E-state index is 12.4. The Bertz CT molecular complexity index is 762. The molecule has 0 unspecified atom stereocenters. The molecule has 0 saturated carbocycles. The number of anilines is 1. The number of hydrogen-bond acceptors (Lipinski definition) is 4. The molecule has 1 saturated heterocycles. The zero-order chi connectivity index (χ0) is 18.5. The van der Waals surface area contributed by atoms with Gasteiger partial charge < -0.3 is 19.9 Å². The second-order valence-electron chi connectivity index (χ2n) is 6.26. The first-order chi connectivity index (χ1) is 12.6. The van der Waals surface area contributed by atoms with Gasteiger partial charge in [0.05, 0.1) is 12.8 Å². The first-order valence-electron chi connectivity index (χ1n) is 8.59. The molecule has 0 bridgehead atoms. The van der Waals surface area contributed by atoms with Gasteiger partial charge in [-0.2, -0.15) is 0 Å². The Labute approximate surface area is 158 Å². The average molecular weight is 375 g/mol. The lowest BCUT2D eigenvalue weighted by atomic mass is 10.1. The van der Waals surface area contributed by atoms with E-state index >= 15 is 0 Å². The molecule has 1 N–H and O–H groups in total. The highest BCUT2D eigenvalue weighted by Crippen LogP contribution is 2.34. The number of rotatable bonds is 4. The molecule has 1 fully saturated rings. The van der Waals surface area contributed by atoms with Crippen LogP contribution in [0.2, 0.25) is 5.02 Å². The van der Waals surface area contributed by atoms with Crippen molar-refractivity contribution in [1.82, 2.24) is 15.2 Å². The van der Waals surface area contributed by atoms with E-state index in [1.165, 1.54) is 0 Å². The van der Waals surface area contributed by atoms with Crippen LogP contribution in [0.5, 0.6) is 5.75 Å². The summed E-state index contributed by atoms with van der Waals surface area (Å²) in [7, 11) is 1.65. The summed E-state index contributed by atoms with van der Waals surface area (Å²) in [5.41, 5.74) is 3.07. The van der Waals surface area contributed by atoms with Crippen molar-refractivity contribution in [1.29, 1.82) is 0 Å². The van der Waals surface area contributed by atoms with E-state index in [0.717, 1.165) is 35.7 Å². The van der Waals surface area contributed by atoms with Gasteiger partial charge in [0.15, 0.2) is 0 Å². The Morgan fingerprint density at radius 3 is 2.58 bits per heavy atom. The van der Waals surface area contributed by atoms with Crippen molar-refractivity contribution < 1.29 is 9.53 Å². The lowest BCUT2D eigenvalue weighted by molar-refractivity contribution is 0.194. The van der Waals surface area contributed by atoms with Crippen molar-refractivity contribution >= 4 is 23.3 Å². The van der Waals surface area contributed by atoms with Gasteiger partial charge in [-0.3, -0.25) is 4.98 Å². The Morgan fingerprint density at radius 1 is 1.23 bits per heavy atom. The van der Waals surface area contributed by atoms with Gasteiger partial charge in [-0.05, 0) is 36.2 Å². The van der Waals surface area contributed by atoms with Crippen molar-refractivity contribution in [2.75, 3.05) is 38.2 Å². The minimum Gasteiger partial charge on any atom is -0.495 e. The molecular weight excluding hydrogens is 352 g/mol. The topological polar surface area (TPSA) is 57.7 Å². The van der Waals surface area contributed by atoms with E-state index in [9.17, 15) is 4.79 Å². The van der Waals surface area contributed by atoms with Crippen LogP contribution in [0.1, 0.15) is 11.1 Å². The van der Waals surface area contributed by atoms with Crippen LogP contribution in [-0.2, 0) is 6.54 Å². The molecule has 1 aromatic carbocycles. The van der Waals surface area contributed by atoms with Crippen molar-refractivity contribution in [3.05, 3.63) is 52.8 Å². The minimum atomic E-state index is -0.0410. The van der Waals surface area contributed by atoms with Gasteiger partial charge in [0.2, 0.25) is 0 Å². The number of carbonyl (C=O) groups is 1. The summed E-state index contributed by atoms with van der Waals surface area (Å²) < 4.78 is 5.47. The fourth-order valence-electron chi connectivity index (χ4n) is 3.00. The van der Waals surface area contributed by atoms with Crippen LogP contribution in [-0.4, -0.2) is 49.2 Å². The van der Waals surface area contributed by atoms with Crippen LogP contribution in [0.15, 0.2) is 36.7 Å². The minimum absolute atomic E-state index is 0.0410. The third-order valence-electron chi connectivity index (χ3n) is 4.56. The van der Waals surface area contributed by atoms with Crippen LogP contribution in [0.25, 0.3) is 0 Å². The summed E-state index contributed by atoms with van der Waals surface area (Å²) in [5.74, 6) is 0.760. The predicted octanol–water partition coefficient (Wildman–Crippen LogP) is 3.08. The second-order valence-corrected chi connectivity index (χ2v) is 6.67. The fourth-order valence-corrected chi connectivity index (χ4v) is 3.15. The smallest absolute Gasteiger partial charge is 0.317 e. The molecule has 0 radical (unpaired) electrons. The summed E-state index contributed by atoms with van der Waals surface area (Å²) in [6.07, 6.45) is 3.45. The molecule has 2 aromatic rings. The summed E-state index contributed by atoms with van der Waals surface area (Å²) in [6, 6.07) is 7.64. The molecule has 0 aliphatic carbocycles. The number of methoxy groups -OCH3 is 1. The van der Waals surface area contributed by atoms with E-state index in [1.807, 2.05) is 36.1 Å². The first kappa shape index (κ1) is 18.3. The number of hydrogen-bond donors (Lipinski definition) is 1. The fraction of sp³-hybridized carbons (Fsp3) is 0.368. The predicted molar refractivity (Wildman–Crippen MR) is 103 cm³/mol. The van der Waals surface area contributed by atoms with Crippen LogP contribution >= 0.6 is 11.6 Å². The van der Waals surface area contributed by atoms with Crippen LogP contribution in [0.4, 0.5) is 10.5 Å². The highest BCUT2D eigenvalue weighted by Gasteiger charge is 2.23. The van der Waals surface area contributed by atoms with Crippen LogP contribution in [0, 0.1) is 6.92 Å². The van der Waals surface area contributed by atoms with E-state index < -0.39 is 0 Å². The third-order valence-corrected chi connectivity index (χ3v) is 4.97. The SMILES string of the molecule is COc1cc(Cl)c(C)cc1N1CCN(C(=O)NCc2ccncc2)CC1. The van der Waals surface area contributed by atoms with Gasteiger partial charge >= 0.3 is 6.03 Å². The molecule has 1 aromatic heterocycles. The Kier molecular flexibility index (Phi) is 5.83. The van der Waals surface area contributed by atoms with E-state index in [0.29, 0.717) is 24.7 Å². The molecule has 138 valence electrons. The number of aryl methyl sites for hydroxylation is 1. The van der Waals surface area contributed by atoms with Gasteiger partial charge in [-0.15, -0.1) is 0 Å². The number of ether oxygens (including phenoxy) is 1. The number of piperazine rings is 1.